The lowest BCUT2D eigenvalue weighted by molar-refractivity contribution is -0.184. The van der Waals surface area contributed by atoms with Crippen molar-refractivity contribution in [3.05, 3.63) is 35.9 Å². The number of carbonyl (C=O) groups is 1. The Morgan fingerprint density at radius 2 is 1.77 bits per heavy atom. The molecule has 2 N–H and O–H groups in total. The van der Waals surface area contributed by atoms with E-state index in [4.69, 9.17) is 4.74 Å². The molecule has 0 radical (unpaired) electrons. The van der Waals surface area contributed by atoms with Crippen LogP contribution < -0.4 is 10.6 Å². The van der Waals surface area contributed by atoms with E-state index in [1.807, 2.05) is 30.3 Å². The van der Waals surface area contributed by atoms with Crippen molar-refractivity contribution in [2.75, 3.05) is 0 Å². The third-order valence-electron chi connectivity index (χ3n) is 5.28. The van der Waals surface area contributed by atoms with Gasteiger partial charge in [-0.2, -0.15) is 13.2 Å². The van der Waals surface area contributed by atoms with E-state index in [0.29, 0.717) is 6.42 Å². The lowest BCUT2D eigenvalue weighted by Gasteiger charge is -2.40. The molecule has 2 unspecified atom stereocenters. The van der Waals surface area contributed by atoms with E-state index in [1.54, 1.807) is 0 Å². The highest BCUT2D eigenvalue weighted by Crippen LogP contribution is 2.38. The Bertz CT molecular complexity index is 588. The highest BCUT2D eigenvalue weighted by atomic mass is 19.4. The van der Waals surface area contributed by atoms with Gasteiger partial charge in [0, 0.05) is 18.1 Å². The largest absolute Gasteiger partial charge is 0.445 e. The Morgan fingerprint density at radius 1 is 1.04 bits per heavy atom. The van der Waals surface area contributed by atoms with Crippen molar-refractivity contribution in [1.29, 1.82) is 0 Å². The Morgan fingerprint density at radius 3 is 2.46 bits per heavy atom. The molecule has 2 aliphatic rings. The van der Waals surface area contributed by atoms with Gasteiger partial charge in [-0.1, -0.05) is 36.8 Å². The van der Waals surface area contributed by atoms with Crippen molar-refractivity contribution in [2.45, 2.75) is 69.4 Å². The first-order chi connectivity index (χ1) is 12.4. The summed E-state index contributed by atoms with van der Waals surface area (Å²) in [7, 11) is 0. The molecule has 3 rings (SSSR count). The molecule has 144 valence electrons. The molecule has 1 amide bonds. The molecule has 4 nitrogen and oxygen atoms in total. The topological polar surface area (TPSA) is 50.4 Å². The van der Waals surface area contributed by atoms with Crippen molar-refractivity contribution in [3.63, 3.8) is 0 Å². The van der Waals surface area contributed by atoms with Gasteiger partial charge in [0.15, 0.2) is 0 Å². The molecular weight excluding hydrogens is 345 g/mol. The number of rotatable bonds is 5. The number of halogens is 3. The molecular formula is C19H25F3N2O2. The van der Waals surface area contributed by atoms with E-state index in [2.05, 4.69) is 10.6 Å². The van der Waals surface area contributed by atoms with Crippen LogP contribution in [0.15, 0.2) is 30.3 Å². The zero-order valence-electron chi connectivity index (χ0n) is 14.6. The number of hydrogen-bond donors (Lipinski definition) is 2. The fourth-order valence-corrected chi connectivity index (χ4v) is 3.78. The third kappa shape index (κ3) is 5.37. The molecule has 1 aromatic carbocycles. The van der Waals surface area contributed by atoms with Crippen LogP contribution in [0.25, 0.3) is 0 Å². The fourth-order valence-electron chi connectivity index (χ4n) is 3.78. The third-order valence-corrected chi connectivity index (χ3v) is 5.28. The summed E-state index contributed by atoms with van der Waals surface area (Å²) < 4.78 is 43.8. The average molecular weight is 370 g/mol. The SMILES string of the molecule is O=C(NC1CC(NC2CCCC(C(F)(F)F)C2)C1)OCc1ccccc1. The minimum atomic E-state index is -4.09. The first-order valence-corrected chi connectivity index (χ1v) is 9.20. The molecule has 2 fully saturated rings. The Labute approximate surface area is 151 Å². The molecule has 0 bridgehead atoms. The van der Waals surface area contributed by atoms with Crippen LogP contribution in [0.2, 0.25) is 0 Å². The monoisotopic (exact) mass is 370 g/mol. The second-order valence-electron chi connectivity index (χ2n) is 7.34. The summed E-state index contributed by atoms with van der Waals surface area (Å²) in [4.78, 5) is 11.8. The van der Waals surface area contributed by atoms with E-state index in [0.717, 1.165) is 24.8 Å². The molecule has 0 saturated heterocycles. The van der Waals surface area contributed by atoms with Gasteiger partial charge in [-0.05, 0) is 37.7 Å². The van der Waals surface area contributed by atoms with Gasteiger partial charge in [-0.15, -0.1) is 0 Å². The van der Waals surface area contributed by atoms with E-state index in [-0.39, 0.29) is 37.6 Å². The summed E-state index contributed by atoms with van der Waals surface area (Å²) in [6, 6.07) is 9.55. The summed E-state index contributed by atoms with van der Waals surface area (Å²) in [5.41, 5.74) is 0.923. The number of benzene rings is 1. The number of alkyl carbamates (subject to hydrolysis) is 1. The molecule has 0 aromatic heterocycles. The molecule has 7 heteroatoms. The first kappa shape index (κ1) is 19.0. The minimum Gasteiger partial charge on any atom is -0.445 e. The van der Waals surface area contributed by atoms with Crippen molar-refractivity contribution < 1.29 is 22.7 Å². The normalized spacial score (nSPS) is 28.9. The highest BCUT2D eigenvalue weighted by Gasteiger charge is 2.43. The van der Waals surface area contributed by atoms with Gasteiger partial charge in [-0.25, -0.2) is 4.79 Å². The maximum absolute atomic E-state index is 12.9. The fraction of sp³-hybridized carbons (Fsp3) is 0.632. The molecule has 0 aliphatic heterocycles. The van der Waals surface area contributed by atoms with Crippen LogP contribution in [0, 0.1) is 5.92 Å². The predicted molar refractivity (Wildman–Crippen MR) is 91.5 cm³/mol. The van der Waals surface area contributed by atoms with Crippen molar-refractivity contribution in [2.24, 2.45) is 5.92 Å². The summed E-state index contributed by atoms with van der Waals surface area (Å²) in [6.07, 6.45) is -1.27. The van der Waals surface area contributed by atoms with E-state index < -0.39 is 18.2 Å². The molecule has 0 spiro atoms. The van der Waals surface area contributed by atoms with Crippen LogP contribution in [-0.2, 0) is 11.3 Å². The van der Waals surface area contributed by atoms with Gasteiger partial charge < -0.3 is 15.4 Å². The minimum absolute atomic E-state index is 0.0257. The smallest absolute Gasteiger partial charge is 0.407 e. The van der Waals surface area contributed by atoms with Gasteiger partial charge in [0.1, 0.15) is 6.61 Å². The molecule has 2 atom stereocenters. The number of carbonyl (C=O) groups excluding carboxylic acids is 1. The van der Waals surface area contributed by atoms with Crippen LogP contribution in [0.1, 0.15) is 44.1 Å². The number of alkyl halides is 3. The van der Waals surface area contributed by atoms with Gasteiger partial charge in [0.25, 0.3) is 0 Å². The molecule has 26 heavy (non-hydrogen) atoms. The molecule has 2 saturated carbocycles. The lowest BCUT2D eigenvalue weighted by atomic mass is 9.82. The van der Waals surface area contributed by atoms with Crippen molar-refractivity contribution in [3.8, 4) is 0 Å². The lowest BCUT2D eigenvalue weighted by Crippen LogP contribution is -2.55. The summed E-state index contributed by atoms with van der Waals surface area (Å²) in [5, 5.41) is 6.13. The van der Waals surface area contributed by atoms with Gasteiger partial charge in [-0.3, -0.25) is 0 Å². The Balaban J connectivity index is 1.32. The highest BCUT2D eigenvalue weighted by molar-refractivity contribution is 5.67. The predicted octanol–water partition coefficient (Wildman–Crippen LogP) is 4.15. The number of hydrogen-bond acceptors (Lipinski definition) is 3. The van der Waals surface area contributed by atoms with Crippen LogP contribution in [0.5, 0.6) is 0 Å². The Kier molecular flexibility index (Phi) is 6.06. The molecule has 1 aromatic rings. The van der Waals surface area contributed by atoms with Crippen LogP contribution >= 0.6 is 0 Å². The number of amides is 1. The second kappa shape index (κ2) is 8.29. The average Bonchev–Trinajstić information content (AvgIpc) is 2.58. The first-order valence-electron chi connectivity index (χ1n) is 9.20. The molecule has 0 heterocycles. The Hall–Kier alpha value is -1.76. The number of nitrogens with one attached hydrogen (secondary N) is 2. The van der Waals surface area contributed by atoms with Crippen LogP contribution in [-0.4, -0.2) is 30.4 Å². The quantitative estimate of drug-likeness (QED) is 0.819. The maximum Gasteiger partial charge on any atom is 0.407 e. The zero-order valence-corrected chi connectivity index (χ0v) is 14.6. The molecule has 2 aliphatic carbocycles. The standard InChI is InChI=1S/C19H25F3N2O2/c20-19(21,22)14-7-4-8-15(9-14)23-16-10-17(11-16)24-18(25)26-12-13-5-2-1-3-6-13/h1-3,5-6,14-17,23H,4,7-12H2,(H,24,25). The summed E-state index contributed by atoms with van der Waals surface area (Å²) in [5.74, 6) is -1.18. The van der Waals surface area contributed by atoms with Crippen LogP contribution in [0.4, 0.5) is 18.0 Å². The maximum atomic E-state index is 12.9. The number of ether oxygens (including phenoxy) is 1. The van der Waals surface area contributed by atoms with E-state index >= 15 is 0 Å². The van der Waals surface area contributed by atoms with Crippen molar-refractivity contribution in [1.82, 2.24) is 10.6 Å². The van der Waals surface area contributed by atoms with Gasteiger partial charge in [0.2, 0.25) is 0 Å². The summed E-state index contributed by atoms with van der Waals surface area (Å²) >= 11 is 0. The van der Waals surface area contributed by atoms with Crippen molar-refractivity contribution >= 4 is 6.09 Å². The van der Waals surface area contributed by atoms with Crippen LogP contribution in [0.3, 0.4) is 0 Å². The van der Waals surface area contributed by atoms with E-state index in [1.165, 1.54) is 0 Å². The van der Waals surface area contributed by atoms with E-state index in [9.17, 15) is 18.0 Å². The summed E-state index contributed by atoms with van der Waals surface area (Å²) in [6.45, 7) is 0.224. The van der Waals surface area contributed by atoms with Gasteiger partial charge in [0.05, 0.1) is 5.92 Å². The second-order valence-corrected chi connectivity index (χ2v) is 7.34. The van der Waals surface area contributed by atoms with Gasteiger partial charge >= 0.3 is 12.3 Å². The zero-order chi connectivity index (χ0) is 18.6.